The summed E-state index contributed by atoms with van der Waals surface area (Å²) in [4.78, 5) is 3.95. The van der Waals surface area contributed by atoms with Crippen LogP contribution in [0.2, 0.25) is 0 Å². The van der Waals surface area contributed by atoms with Gasteiger partial charge in [-0.3, -0.25) is 0 Å². The zero-order chi connectivity index (χ0) is 10.3. The summed E-state index contributed by atoms with van der Waals surface area (Å²) in [5, 5.41) is 3.74. The van der Waals surface area contributed by atoms with Crippen molar-refractivity contribution in [2.75, 3.05) is 5.73 Å². The Kier molecular flexibility index (Phi) is 1.65. The third kappa shape index (κ3) is 1.32. The maximum Gasteiger partial charge on any atom is 0.318 e. The van der Waals surface area contributed by atoms with E-state index in [1.54, 1.807) is 0 Å². The summed E-state index contributed by atoms with van der Waals surface area (Å²) in [6, 6.07) is 7.95. The average molecular weight is 203 g/mol. The predicted octanol–water partition coefficient (Wildman–Crippen LogP) is 1.33. The second-order valence-electron chi connectivity index (χ2n) is 3.41. The van der Waals surface area contributed by atoms with Crippen LogP contribution in [0.5, 0.6) is 5.75 Å². The van der Waals surface area contributed by atoms with Crippen LogP contribution in [0.1, 0.15) is 17.5 Å². The number of nitrogens with two attached hydrogens (primary N) is 1. The third-order valence-corrected chi connectivity index (χ3v) is 2.39. The number of ether oxygens (including phenoxy) is 1. The van der Waals surface area contributed by atoms with Gasteiger partial charge in [-0.1, -0.05) is 23.4 Å². The molecule has 0 saturated heterocycles. The van der Waals surface area contributed by atoms with Gasteiger partial charge in [-0.15, -0.1) is 0 Å². The molecule has 0 fully saturated rings. The van der Waals surface area contributed by atoms with E-state index in [1.165, 1.54) is 0 Å². The van der Waals surface area contributed by atoms with Gasteiger partial charge in [0.05, 0.1) is 0 Å². The van der Waals surface area contributed by atoms with E-state index in [4.69, 9.17) is 15.0 Å². The first kappa shape index (κ1) is 8.28. The number of anilines is 1. The second-order valence-corrected chi connectivity index (χ2v) is 3.41. The van der Waals surface area contributed by atoms with E-state index in [9.17, 15) is 0 Å². The first-order chi connectivity index (χ1) is 7.33. The van der Waals surface area contributed by atoms with E-state index in [1.807, 2.05) is 24.3 Å². The smallest absolute Gasteiger partial charge is 0.318 e. The lowest BCUT2D eigenvalue weighted by Gasteiger charge is -2.03. The summed E-state index contributed by atoms with van der Waals surface area (Å²) in [5.41, 5.74) is 6.51. The Labute approximate surface area is 85.9 Å². The Balaban J connectivity index is 1.90. The number of rotatable bonds is 1. The Morgan fingerprint density at radius 1 is 1.33 bits per heavy atom. The molecule has 1 aliphatic rings. The van der Waals surface area contributed by atoms with Crippen LogP contribution < -0.4 is 10.5 Å². The number of nitrogens with zero attached hydrogens (tertiary/aromatic N) is 2. The second kappa shape index (κ2) is 2.98. The molecule has 1 atom stereocenters. The number of benzene rings is 1. The van der Waals surface area contributed by atoms with Crippen molar-refractivity contribution in [2.45, 2.75) is 12.5 Å². The van der Waals surface area contributed by atoms with E-state index in [-0.39, 0.29) is 12.1 Å². The molecular formula is C10H9N3O2. The van der Waals surface area contributed by atoms with Gasteiger partial charge < -0.3 is 15.0 Å². The van der Waals surface area contributed by atoms with Gasteiger partial charge in [-0.25, -0.2) is 0 Å². The molecule has 3 rings (SSSR count). The highest BCUT2D eigenvalue weighted by atomic mass is 16.5. The molecular weight excluding hydrogens is 194 g/mol. The Hall–Kier alpha value is -2.04. The lowest BCUT2D eigenvalue weighted by Crippen LogP contribution is -2.05. The Bertz CT molecular complexity index is 470. The van der Waals surface area contributed by atoms with Crippen molar-refractivity contribution in [3.05, 3.63) is 35.7 Å². The predicted molar refractivity (Wildman–Crippen MR) is 52.2 cm³/mol. The van der Waals surface area contributed by atoms with Crippen LogP contribution in [0.25, 0.3) is 0 Å². The summed E-state index contributed by atoms with van der Waals surface area (Å²) in [7, 11) is 0. The minimum absolute atomic E-state index is 0.0737. The molecule has 0 bridgehead atoms. The van der Waals surface area contributed by atoms with Gasteiger partial charge in [-0.2, -0.15) is 4.98 Å². The summed E-state index contributed by atoms with van der Waals surface area (Å²) in [6.45, 7) is 0. The number of hydrogen-bond acceptors (Lipinski definition) is 5. The number of fused-ring (bicyclic) bond motifs is 1. The fourth-order valence-electron chi connectivity index (χ4n) is 1.70. The molecule has 15 heavy (non-hydrogen) atoms. The summed E-state index contributed by atoms with van der Waals surface area (Å²) >= 11 is 0. The highest BCUT2D eigenvalue weighted by Gasteiger charge is 2.27. The van der Waals surface area contributed by atoms with Gasteiger partial charge in [0.1, 0.15) is 5.75 Å². The normalized spacial score (nSPS) is 18.5. The molecule has 1 aliphatic heterocycles. The molecule has 2 heterocycles. The van der Waals surface area contributed by atoms with Crippen LogP contribution in [0.15, 0.2) is 28.8 Å². The zero-order valence-electron chi connectivity index (χ0n) is 7.88. The molecule has 2 aromatic rings. The van der Waals surface area contributed by atoms with Crippen molar-refractivity contribution in [3.8, 4) is 5.75 Å². The van der Waals surface area contributed by atoms with Crippen LogP contribution in [0.4, 0.5) is 6.01 Å². The molecule has 5 heteroatoms. The van der Waals surface area contributed by atoms with Crippen molar-refractivity contribution in [3.63, 3.8) is 0 Å². The van der Waals surface area contributed by atoms with Crippen LogP contribution >= 0.6 is 0 Å². The largest absolute Gasteiger partial charge is 0.482 e. The SMILES string of the molecule is Nc1nc(C2Cc3ccccc3O2)no1. The van der Waals surface area contributed by atoms with Gasteiger partial charge in [0.2, 0.25) is 5.82 Å². The van der Waals surface area contributed by atoms with Crippen LogP contribution in [-0.4, -0.2) is 10.1 Å². The van der Waals surface area contributed by atoms with Crippen molar-refractivity contribution in [1.29, 1.82) is 0 Å². The fraction of sp³-hybridized carbons (Fsp3) is 0.200. The van der Waals surface area contributed by atoms with Gasteiger partial charge in [0.25, 0.3) is 0 Å². The molecule has 0 spiro atoms. The summed E-state index contributed by atoms with van der Waals surface area (Å²) < 4.78 is 10.4. The topological polar surface area (TPSA) is 74.2 Å². The number of aromatic nitrogens is 2. The number of para-hydroxylation sites is 1. The molecule has 0 radical (unpaired) electrons. The van der Waals surface area contributed by atoms with E-state index in [2.05, 4.69) is 10.1 Å². The van der Waals surface area contributed by atoms with Gasteiger partial charge in [-0.05, 0) is 11.6 Å². The van der Waals surface area contributed by atoms with Crippen molar-refractivity contribution in [1.82, 2.24) is 10.1 Å². The molecule has 5 nitrogen and oxygen atoms in total. The van der Waals surface area contributed by atoms with Gasteiger partial charge >= 0.3 is 6.01 Å². The van der Waals surface area contributed by atoms with Crippen molar-refractivity contribution >= 4 is 6.01 Å². The molecule has 1 unspecified atom stereocenters. The lowest BCUT2D eigenvalue weighted by molar-refractivity contribution is 0.221. The first-order valence-electron chi connectivity index (χ1n) is 4.66. The molecule has 1 aromatic heterocycles. The van der Waals surface area contributed by atoms with Crippen LogP contribution in [0, 0.1) is 0 Å². The summed E-state index contributed by atoms with van der Waals surface area (Å²) in [6.07, 6.45) is 0.582. The molecule has 0 saturated carbocycles. The fourth-order valence-corrected chi connectivity index (χ4v) is 1.70. The van der Waals surface area contributed by atoms with Crippen molar-refractivity contribution in [2.24, 2.45) is 0 Å². The van der Waals surface area contributed by atoms with Gasteiger partial charge in [0.15, 0.2) is 6.10 Å². The first-order valence-corrected chi connectivity index (χ1v) is 4.66. The molecule has 76 valence electrons. The highest BCUT2D eigenvalue weighted by molar-refractivity contribution is 5.38. The monoisotopic (exact) mass is 203 g/mol. The number of nitrogen functional groups attached to an aromatic ring is 1. The van der Waals surface area contributed by atoms with E-state index >= 15 is 0 Å². The minimum atomic E-state index is -0.177. The maximum absolute atomic E-state index is 5.67. The lowest BCUT2D eigenvalue weighted by atomic mass is 10.1. The zero-order valence-corrected chi connectivity index (χ0v) is 7.88. The van der Waals surface area contributed by atoms with Crippen LogP contribution in [-0.2, 0) is 6.42 Å². The molecule has 1 aromatic carbocycles. The third-order valence-electron chi connectivity index (χ3n) is 2.39. The average Bonchev–Trinajstić information content (AvgIpc) is 2.82. The number of hydrogen-bond donors (Lipinski definition) is 1. The maximum atomic E-state index is 5.67. The van der Waals surface area contributed by atoms with Crippen molar-refractivity contribution < 1.29 is 9.26 Å². The Morgan fingerprint density at radius 3 is 2.93 bits per heavy atom. The minimum Gasteiger partial charge on any atom is -0.482 e. The molecule has 2 N–H and O–H groups in total. The summed E-state index contributed by atoms with van der Waals surface area (Å²) in [5.74, 6) is 1.38. The Morgan fingerprint density at radius 2 is 2.20 bits per heavy atom. The van der Waals surface area contributed by atoms with E-state index < -0.39 is 0 Å². The van der Waals surface area contributed by atoms with E-state index in [0.717, 1.165) is 17.7 Å². The molecule has 0 amide bonds. The quantitative estimate of drug-likeness (QED) is 0.756. The molecule has 0 aliphatic carbocycles. The highest BCUT2D eigenvalue weighted by Crippen LogP contribution is 2.35. The standard InChI is InChI=1S/C10H9N3O2/c11-10-12-9(13-15-10)8-5-6-3-1-2-4-7(6)14-8/h1-4,8H,5H2,(H2,11,12,13). The van der Waals surface area contributed by atoms with Gasteiger partial charge in [0, 0.05) is 6.42 Å². The van der Waals surface area contributed by atoms with Crippen LogP contribution in [0.3, 0.4) is 0 Å². The van der Waals surface area contributed by atoms with E-state index in [0.29, 0.717) is 5.82 Å².